The van der Waals surface area contributed by atoms with Gasteiger partial charge in [0.15, 0.2) is 5.13 Å². The molecule has 1 amide bonds. The molecular weight excluding hydrogens is 272 g/mol. The number of amides is 1. The Labute approximate surface area is 121 Å². The van der Waals surface area contributed by atoms with Gasteiger partial charge in [-0.15, -0.1) is 0 Å². The minimum atomic E-state index is 0.112. The molecule has 1 N–H and O–H groups in total. The molecule has 104 valence electrons. The second kappa shape index (κ2) is 4.70. The molecule has 0 bridgehead atoms. The molecule has 2 fully saturated rings. The Morgan fingerprint density at radius 1 is 1.40 bits per heavy atom. The molecule has 1 atom stereocenters. The maximum absolute atomic E-state index is 12.1. The van der Waals surface area contributed by atoms with E-state index in [0.717, 1.165) is 47.7 Å². The van der Waals surface area contributed by atoms with Crippen molar-refractivity contribution in [3.8, 4) is 0 Å². The maximum atomic E-state index is 12.1. The van der Waals surface area contributed by atoms with Gasteiger partial charge in [-0.1, -0.05) is 11.3 Å². The van der Waals surface area contributed by atoms with E-state index in [-0.39, 0.29) is 11.8 Å². The van der Waals surface area contributed by atoms with Crippen LogP contribution in [0, 0.1) is 5.92 Å². The van der Waals surface area contributed by atoms with Crippen LogP contribution in [-0.4, -0.2) is 35.0 Å². The molecule has 4 rings (SSSR count). The second-order valence-electron chi connectivity index (χ2n) is 5.55. The lowest BCUT2D eigenvalue weighted by Crippen LogP contribution is -2.34. The summed E-state index contributed by atoms with van der Waals surface area (Å²) in [5.41, 5.74) is 0.943. The first-order valence-electron chi connectivity index (χ1n) is 7.05. The molecule has 1 saturated heterocycles. The van der Waals surface area contributed by atoms with Gasteiger partial charge in [-0.2, -0.15) is 0 Å². The predicted octanol–water partition coefficient (Wildman–Crippen LogP) is 1.80. The number of carbonyl (C=O) groups is 1. The summed E-state index contributed by atoms with van der Waals surface area (Å²) in [5, 5.41) is 4.11. The molecule has 1 unspecified atom stereocenters. The number of hydrogen-bond donors (Lipinski definition) is 1. The van der Waals surface area contributed by atoms with Crippen LogP contribution in [0.1, 0.15) is 19.3 Å². The van der Waals surface area contributed by atoms with Crippen LogP contribution < -0.4 is 10.2 Å². The van der Waals surface area contributed by atoms with E-state index in [9.17, 15) is 4.79 Å². The molecule has 1 aliphatic heterocycles. The van der Waals surface area contributed by atoms with E-state index in [0.29, 0.717) is 6.04 Å². The number of pyridine rings is 1. The molecule has 20 heavy (non-hydrogen) atoms. The fourth-order valence-electron chi connectivity index (χ4n) is 2.60. The number of nitrogens with one attached hydrogen (secondary N) is 1. The van der Waals surface area contributed by atoms with E-state index in [4.69, 9.17) is 0 Å². The van der Waals surface area contributed by atoms with Gasteiger partial charge in [0.05, 0.1) is 16.8 Å². The molecule has 0 spiro atoms. The van der Waals surface area contributed by atoms with Gasteiger partial charge >= 0.3 is 0 Å². The SMILES string of the molecule is O=C(NC1CC1)C1CCN(c2nc3cnccc3s2)C1. The Bertz CT molecular complexity index is 618. The van der Waals surface area contributed by atoms with Crippen molar-refractivity contribution in [1.29, 1.82) is 0 Å². The quantitative estimate of drug-likeness (QED) is 0.935. The summed E-state index contributed by atoms with van der Waals surface area (Å²) in [7, 11) is 0. The van der Waals surface area contributed by atoms with E-state index < -0.39 is 0 Å². The molecule has 3 heterocycles. The third kappa shape index (κ3) is 2.24. The molecule has 2 aliphatic rings. The van der Waals surface area contributed by atoms with Crippen molar-refractivity contribution >= 4 is 32.6 Å². The average Bonchev–Trinajstić information content (AvgIpc) is 3.00. The van der Waals surface area contributed by atoms with E-state index in [1.807, 2.05) is 6.07 Å². The summed E-state index contributed by atoms with van der Waals surface area (Å²) in [6.45, 7) is 1.70. The van der Waals surface area contributed by atoms with Crippen molar-refractivity contribution in [2.24, 2.45) is 5.92 Å². The molecule has 2 aromatic heterocycles. The Hall–Kier alpha value is -1.69. The first-order chi connectivity index (χ1) is 9.79. The maximum Gasteiger partial charge on any atom is 0.225 e. The average molecular weight is 288 g/mol. The summed E-state index contributed by atoms with van der Waals surface area (Å²) >= 11 is 1.68. The predicted molar refractivity (Wildman–Crippen MR) is 78.9 cm³/mol. The van der Waals surface area contributed by atoms with Crippen molar-refractivity contribution in [1.82, 2.24) is 15.3 Å². The van der Waals surface area contributed by atoms with Crippen LogP contribution in [0.25, 0.3) is 10.2 Å². The topological polar surface area (TPSA) is 58.1 Å². The van der Waals surface area contributed by atoms with Crippen LogP contribution in [0.15, 0.2) is 18.5 Å². The van der Waals surface area contributed by atoms with Gasteiger partial charge in [0.1, 0.15) is 5.52 Å². The zero-order valence-corrected chi connectivity index (χ0v) is 11.9. The highest BCUT2D eigenvalue weighted by Gasteiger charge is 2.33. The minimum Gasteiger partial charge on any atom is -0.353 e. The van der Waals surface area contributed by atoms with Crippen molar-refractivity contribution in [3.05, 3.63) is 18.5 Å². The molecule has 2 aromatic rings. The van der Waals surface area contributed by atoms with Gasteiger partial charge in [0.25, 0.3) is 0 Å². The summed E-state index contributed by atoms with van der Waals surface area (Å²) in [6, 6.07) is 2.44. The smallest absolute Gasteiger partial charge is 0.225 e. The largest absolute Gasteiger partial charge is 0.353 e. The summed E-state index contributed by atoms with van der Waals surface area (Å²) in [5.74, 6) is 0.332. The fourth-order valence-corrected chi connectivity index (χ4v) is 3.57. The van der Waals surface area contributed by atoms with Crippen LogP contribution in [0.3, 0.4) is 0 Å². The highest BCUT2D eigenvalue weighted by atomic mass is 32.1. The molecule has 5 nitrogen and oxygen atoms in total. The lowest BCUT2D eigenvalue weighted by Gasteiger charge is -2.14. The van der Waals surface area contributed by atoms with E-state index in [2.05, 4.69) is 20.2 Å². The Morgan fingerprint density at radius 3 is 3.10 bits per heavy atom. The van der Waals surface area contributed by atoms with Crippen LogP contribution in [0.4, 0.5) is 5.13 Å². The molecule has 0 radical (unpaired) electrons. The summed E-state index contributed by atoms with van der Waals surface area (Å²) in [6.07, 6.45) is 6.80. The molecule has 1 aliphatic carbocycles. The standard InChI is InChI=1S/C14H16N4OS/c19-13(16-10-1-2-10)9-4-6-18(8-9)14-17-11-7-15-5-3-12(11)20-14/h3,5,7,9-10H,1-2,4,6,8H2,(H,16,19). The second-order valence-corrected chi connectivity index (χ2v) is 6.56. The normalized spacial score (nSPS) is 22.4. The highest BCUT2D eigenvalue weighted by molar-refractivity contribution is 7.22. The minimum absolute atomic E-state index is 0.112. The van der Waals surface area contributed by atoms with Crippen molar-refractivity contribution in [2.45, 2.75) is 25.3 Å². The number of hydrogen-bond acceptors (Lipinski definition) is 5. The number of aromatic nitrogens is 2. The van der Waals surface area contributed by atoms with E-state index in [1.54, 1.807) is 23.7 Å². The Kier molecular flexibility index (Phi) is 2.84. The number of nitrogens with zero attached hydrogens (tertiary/aromatic N) is 3. The van der Waals surface area contributed by atoms with Gasteiger partial charge < -0.3 is 10.2 Å². The zero-order chi connectivity index (χ0) is 13.5. The first-order valence-corrected chi connectivity index (χ1v) is 7.87. The lowest BCUT2D eigenvalue weighted by atomic mass is 10.1. The molecular formula is C14H16N4OS. The van der Waals surface area contributed by atoms with Crippen LogP contribution in [0.2, 0.25) is 0 Å². The number of fused-ring (bicyclic) bond motifs is 1. The van der Waals surface area contributed by atoms with Gasteiger partial charge in [-0.3, -0.25) is 9.78 Å². The van der Waals surface area contributed by atoms with E-state index >= 15 is 0 Å². The summed E-state index contributed by atoms with van der Waals surface area (Å²) in [4.78, 5) is 23.0. The number of rotatable bonds is 3. The first kappa shape index (κ1) is 12.1. The lowest BCUT2D eigenvalue weighted by molar-refractivity contribution is -0.124. The van der Waals surface area contributed by atoms with Crippen molar-refractivity contribution < 1.29 is 4.79 Å². The highest BCUT2D eigenvalue weighted by Crippen LogP contribution is 2.32. The monoisotopic (exact) mass is 288 g/mol. The van der Waals surface area contributed by atoms with Gasteiger partial charge in [0.2, 0.25) is 5.91 Å². The molecule has 6 heteroatoms. The van der Waals surface area contributed by atoms with Crippen LogP contribution in [-0.2, 0) is 4.79 Å². The number of anilines is 1. The van der Waals surface area contributed by atoms with Crippen LogP contribution >= 0.6 is 11.3 Å². The van der Waals surface area contributed by atoms with E-state index in [1.165, 1.54) is 0 Å². The van der Waals surface area contributed by atoms with Crippen molar-refractivity contribution in [3.63, 3.8) is 0 Å². The van der Waals surface area contributed by atoms with Gasteiger partial charge in [-0.25, -0.2) is 4.98 Å². The number of thiazole rings is 1. The van der Waals surface area contributed by atoms with Gasteiger partial charge in [-0.05, 0) is 25.3 Å². The molecule has 1 saturated carbocycles. The number of carbonyl (C=O) groups excluding carboxylic acids is 1. The Balaban J connectivity index is 1.48. The van der Waals surface area contributed by atoms with Crippen molar-refractivity contribution in [2.75, 3.05) is 18.0 Å². The fraction of sp³-hybridized carbons (Fsp3) is 0.500. The third-order valence-electron chi connectivity index (χ3n) is 3.93. The third-order valence-corrected chi connectivity index (χ3v) is 5.03. The van der Waals surface area contributed by atoms with Crippen LogP contribution in [0.5, 0.6) is 0 Å². The molecule has 0 aromatic carbocycles. The zero-order valence-electron chi connectivity index (χ0n) is 11.1. The summed E-state index contributed by atoms with van der Waals surface area (Å²) < 4.78 is 1.15. The van der Waals surface area contributed by atoms with Gasteiger partial charge in [0, 0.05) is 25.3 Å². The Morgan fingerprint density at radius 2 is 2.30 bits per heavy atom.